The molecule has 1 N–H and O–H groups in total. The van der Waals surface area contributed by atoms with E-state index in [0.29, 0.717) is 16.5 Å². The topological polar surface area (TPSA) is 71.0 Å². The van der Waals surface area contributed by atoms with Crippen molar-refractivity contribution in [3.05, 3.63) is 76.7 Å². The zero-order valence-corrected chi connectivity index (χ0v) is 15.9. The molecule has 0 aliphatic heterocycles. The van der Waals surface area contributed by atoms with Crippen LogP contribution in [0, 0.1) is 6.92 Å². The van der Waals surface area contributed by atoms with Gasteiger partial charge in [0.25, 0.3) is 5.91 Å². The van der Waals surface area contributed by atoms with E-state index in [1.165, 1.54) is 5.56 Å². The first-order valence-electron chi connectivity index (χ1n) is 8.54. The molecule has 0 spiro atoms. The van der Waals surface area contributed by atoms with E-state index in [-0.39, 0.29) is 11.6 Å². The minimum atomic E-state index is -0.321. The average molecular weight is 382 g/mol. The molecule has 0 radical (unpaired) electrons. The predicted molar refractivity (Wildman–Crippen MR) is 107 cm³/mol. The molecule has 0 unspecified atom stereocenters. The van der Waals surface area contributed by atoms with Crippen LogP contribution in [0.15, 0.2) is 54.9 Å². The first-order chi connectivity index (χ1) is 13.0. The summed E-state index contributed by atoms with van der Waals surface area (Å²) >= 11 is 5.99. The van der Waals surface area contributed by atoms with Gasteiger partial charge in [-0.1, -0.05) is 17.7 Å². The van der Waals surface area contributed by atoms with Gasteiger partial charge in [0.15, 0.2) is 11.5 Å². The fourth-order valence-electron chi connectivity index (χ4n) is 2.53. The lowest BCUT2D eigenvalue weighted by Crippen LogP contribution is -2.22. The fraction of sp³-hybridized carbons (Fsp3) is 0.200. The molecular formula is C20H20ClN5O. The maximum absolute atomic E-state index is 12.4. The molecule has 2 aromatic heterocycles. The molecule has 0 saturated heterocycles. The third kappa shape index (κ3) is 5.01. The highest BCUT2D eigenvalue weighted by Gasteiger charge is 2.12. The van der Waals surface area contributed by atoms with E-state index < -0.39 is 0 Å². The lowest BCUT2D eigenvalue weighted by molar-refractivity contribution is 0.102. The summed E-state index contributed by atoms with van der Waals surface area (Å²) < 4.78 is 0. The average Bonchev–Trinajstić information content (AvgIpc) is 2.70. The molecule has 0 aliphatic carbocycles. The summed E-state index contributed by atoms with van der Waals surface area (Å²) in [5.41, 5.74) is 3.04. The highest BCUT2D eigenvalue weighted by molar-refractivity contribution is 6.31. The molecule has 0 atom stereocenters. The Morgan fingerprint density at radius 1 is 1.11 bits per heavy atom. The maximum Gasteiger partial charge on any atom is 0.276 e. The SMILES string of the molecule is Cc1ccc(Cl)cc1NC(=O)c1ccc(N(C)CCc2ccncc2)nn1. The van der Waals surface area contributed by atoms with Crippen LogP contribution in [0.3, 0.4) is 0 Å². The summed E-state index contributed by atoms with van der Waals surface area (Å²) in [6.45, 7) is 2.68. The molecule has 27 heavy (non-hydrogen) atoms. The number of nitrogens with one attached hydrogen (secondary N) is 1. The van der Waals surface area contributed by atoms with Crippen molar-refractivity contribution in [3.8, 4) is 0 Å². The fourth-order valence-corrected chi connectivity index (χ4v) is 2.70. The van der Waals surface area contributed by atoms with Crippen LogP contribution in [0.2, 0.25) is 5.02 Å². The van der Waals surface area contributed by atoms with Crippen LogP contribution in [-0.2, 0) is 6.42 Å². The molecule has 0 bridgehead atoms. The van der Waals surface area contributed by atoms with Crippen molar-refractivity contribution in [2.75, 3.05) is 23.8 Å². The van der Waals surface area contributed by atoms with Crippen molar-refractivity contribution in [1.29, 1.82) is 0 Å². The molecule has 6 nitrogen and oxygen atoms in total. The highest BCUT2D eigenvalue weighted by Crippen LogP contribution is 2.20. The van der Waals surface area contributed by atoms with E-state index in [1.807, 2.05) is 37.1 Å². The number of carbonyl (C=O) groups excluding carboxylic acids is 1. The number of hydrogen-bond donors (Lipinski definition) is 1. The van der Waals surface area contributed by atoms with E-state index in [1.54, 1.807) is 36.7 Å². The number of hydrogen-bond acceptors (Lipinski definition) is 5. The van der Waals surface area contributed by atoms with Gasteiger partial charge in [0, 0.05) is 36.7 Å². The van der Waals surface area contributed by atoms with E-state index in [0.717, 1.165) is 18.5 Å². The largest absolute Gasteiger partial charge is 0.358 e. The van der Waals surface area contributed by atoms with Gasteiger partial charge in [0.2, 0.25) is 0 Å². The van der Waals surface area contributed by atoms with Crippen LogP contribution in [0.1, 0.15) is 21.6 Å². The number of aromatic nitrogens is 3. The summed E-state index contributed by atoms with van der Waals surface area (Å²) in [4.78, 5) is 18.4. The number of halogens is 1. The molecular weight excluding hydrogens is 362 g/mol. The van der Waals surface area contributed by atoms with Gasteiger partial charge in [0.05, 0.1) is 0 Å². The van der Waals surface area contributed by atoms with Crippen molar-refractivity contribution in [1.82, 2.24) is 15.2 Å². The van der Waals surface area contributed by atoms with Gasteiger partial charge in [-0.05, 0) is 60.9 Å². The van der Waals surface area contributed by atoms with Gasteiger partial charge in [-0.3, -0.25) is 9.78 Å². The predicted octanol–water partition coefficient (Wildman–Crippen LogP) is 3.76. The number of carbonyl (C=O) groups is 1. The number of rotatable bonds is 6. The van der Waals surface area contributed by atoms with Gasteiger partial charge in [0.1, 0.15) is 0 Å². The minimum absolute atomic E-state index is 0.251. The first-order valence-corrected chi connectivity index (χ1v) is 8.92. The molecule has 1 aromatic carbocycles. The normalized spacial score (nSPS) is 10.5. The molecule has 3 rings (SSSR count). The van der Waals surface area contributed by atoms with E-state index in [2.05, 4.69) is 20.5 Å². The summed E-state index contributed by atoms with van der Waals surface area (Å²) in [6, 6.07) is 12.8. The van der Waals surface area contributed by atoms with E-state index in [4.69, 9.17) is 11.6 Å². The number of likely N-dealkylation sites (N-methyl/N-ethyl adjacent to an activating group) is 1. The maximum atomic E-state index is 12.4. The van der Waals surface area contributed by atoms with Crippen molar-refractivity contribution >= 4 is 29.0 Å². The quantitative estimate of drug-likeness (QED) is 0.703. The smallest absolute Gasteiger partial charge is 0.276 e. The van der Waals surface area contributed by atoms with Crippen molar-refractivity contribution in [2.45, 2.75) is 13.3 Å². The molecule has 1 amide bonds. The Balaban J connectivity index is 1.62. The molecule has 138 valence electrons. The van der Waals surface area contributed by atoms with Gasteiger partial charge in [-0.25, -0.2) is 0 Å². The van der Waals surface area contributed by atoms with Gasteiger partial charge >= 0.3 is 0 Å². The lowest BCUT2D eigenvalue weighted by Gasteiger charge is -2.17. The third-order valence-corrected chi connectivity index (χ3v) is 4.44. The number of amides is 1. The number of anilines is 2. The molecule has 0 aliphatic rings. The van der Waals surface area contributed by atoms with E-state index >= 15 is 0 Å². The van der Waals surface area contributed by atoms with Crippen LogP contribution < -0.4 is 10.2 Å². The monoisotopic (exact) mass is 381 g/mol. The second-order valence-electron chi connectivity index (χ2n) is 6.22. The zero-order valence-electron chi connectivity index (χ0n) is 15.2. The van der Waals surface area contributed by atoms with Crippen LogP contribution in [0.4, 0.5) is 11.5 Å². The Labute approximate surface area is 163 Å². The van der Waals surface area contributed by atoms with Crippen LogP contribution in [-0.4, -0.2) is 34.7 Å². The Hall–Kier alpha value is -2.99. The van der Waals surface area contributed by atoms with Crippen LogP contribution in [0.5, 0.6) is 0 Å². The standard InChI is InChI=1S/C20H20ClN5O/c1-14-3-4-16(21)13-18(14)23-20(27)17-5-6-19(25-24-17)26(2)12-9-15-7-10-22-11-8-15/h3-8,10-11,13H,9,12H2,1-2H3,(H,23,27). The summed E-state index contributed by atoms with van der Waals surface area (Å²) in [7, 11) is 1.94. The lowest BCUT2D eigenvalue weighted by atomic mass is 10.2. The number of aryl methyl sites for hydroxylation is 1. The van der Waals surface area contributed by atoms with Gasteiger partial charge in [-0.2, -0.15) is 0 Å². The highest BCUT2D eigenvalue weighted by atomic mass is 35.5. The van der Waals surface area contributed by atoms with Crippen molar-refractivity contribution in [2.24, 2.45) is 0 Å². The van der Waals surface area contributed by atoms with Crippen molar-refractivity contribution in [3.63, 3.8) is 0 Å². The number of nitrogens with zero attached hydrogens (tertiary/aromatic N) is 4. The summed E-state index contributed by atoms with van der Waals surface area (Å²) in [5, 5.41) is 11.6. The van der Waals surface area contributed by atoms with E-state index in [9.17, 15) is 4.79 Å². The minimum Gasteiger partial charge on any atom is -0.358 e. The Morgan fingerprint density at radius 2 is 1.89 bits per heavy atom. The number of pyridine rings is 1. The summed E-state index contributed by atoms with van der Waals surface area (Å²) in [5.74, 6) is 0.387. The molecule has 0 saturated carbocycles. The molecule has 3 aromatic rings. The Kier molecular flexibility index (Phi) is 5.98. The third-order valence-electron chi connectivity index (χ3n) is 4.21. The van der Waals surface area contributed by atoms with Crippen LogP contribution >= 0.6 is 11.6 Å². The van der Waals surface area contributed by atoms with Crippen LogP contribution in [0.25, 0.3) is 0 Å². The molecule has 7 heteroatoms. The van der Waals surface area contributed by atoms with Crippen molar-refractivity contribution < 1.29 is 4.79 Å². The van der Waals surface area contributed by atoms with Gasteiger partial charge < -0.3 is 10.2 Å². The molecule has 0 fully saturated rings. The van der Waals surface area contributed by atoms with Gasteiger partial charge in [-0.15, -0.1) is 10.2 Å². The zero-order chi connectivity index (χ0) is 19.2. The molecule has 2 heterocycles. The second kappa shape index (κ2) is 8.60. The Morgan fingerprint density at radius 3 is 2.59 bits per heavy atom. The number of benzene rings is 1. The first kappa shape index (κ1) is 18.8. The summed E-state index contributed by atoms with van der Waals surface area (Å²) in [6.07, 6.45) is 4.44. The Bertz CT molecular complexity index is 915. The second-order valence-corrected chi connectivity index (χ2v) is 6.65.